The number of phosphoric acid groups is 1. The number of ether oxygens (including phenoxy) is 2. The summed E-state index contributed by atoms with van der Waals surface area (Å²) in [7, 11) is 1.43. The number of esters is 2. The fourth-order valence-corrected chi connectivity index (χ4v) is 7.78. The van der Waals surface area contributed by atoms with Crippen LogP contribution in [-0.4, -0.2) is 74.9 Å². The van der Waals surface area contributed by atoms with E-state index in [1.165, 1.54) is 51.4 Å². The molecule has 10 heteroatoms. The molecule has 9 nitrogen and oxygen atoms in total. The van der Waals surface area contributed by atoms with E-state index in [0.717, 1.165) is 116 Å². The summed E-state index contributed by atoms with van der Waals surface area (Å²) in [6.45, 7) is 4.23. The molecule has 0 aliphatic heterocycles. The van der Waals surface area contributed by atoms with Crippen molar-refractivity contribution in [3.63, 3.8) is 0 Å². The molecule has 0 radical (unpaired) electrons. The summed E-state index contributed by atoms with van der Waals surface area (Å²) in [5.74, 6) is -0.856. The summed E-state index contributed by atoms with van der Waals surface area (Å²) in [6.07, 6.45) is 76.6. The third-order valence-corrected chi connectivity index (χ3v) is 12.4. The van der Waals surface area contributed by atoms with E-state index in [-0.39, 0.29) is 26.1 Å². The van der Waals surface area contributed by atoms with Crippen LogP contribution in [0.5, 0.6) is 0 Å². The molecule has 0 saturated carbocycles. The molecule has 1 N–H and O–H groups in total. The highest BCUT2D eigenvalue weighted by molar-refractivity contribution is 7.47. The van der Waals surface area contributed by atoms with E-state index in [4.69, 9.17) is 18.5 Å². The summed E-state index contributed by atoms with van der Waals surface area (Å²) < 4.78 is 34.5. The zero-order valence-corrected chi connectivity index (χ0v) is 47.7. The zero-order valence-electron chi connectivity index (χ0n) is 46.8. The van der Waals surface area contributed by atoms with Gasteiger partial charge in [0, 0.05) is 12.8 Å². The van der Waals surface area contributed by atoms with Crippen LogP contribution in [0.1, 0.15) is 200 Å². The van der Waals surface area contributed by atoms with Gasteiger partial charge in [0.05, 0.1) is 27.7 Å². The van der Waals surface area contributed by atoms with Crippen molar-refractivity contribution in [1.29, 1.82) is 0 Å². The first kappa shape index (κ1) is 69.2. The average Bonchev–Trinajstić information content (AvgIpc) is 3.35. The van der Waals surface area contributed by atoms with Crippen molar-refractivity contribution in [2.45, 2.75) is 206 Å². The van der Waals surface area contributed by atoms with Gasteiger partial charge in [0.1, 0.15) is 19.8 Å². The fourth-order valence-electron chi connectivity index (χ4n) is 7.04. The smallest absolute Gasteiger partial charge is 0.462 e. The van der Waals surface area contributed by atoms with Gasteiger partial charge in [0.25, 0.3) is 0 Å². The summed E-state index contributed by atoms with van der Waals surface area (Å²) in [5.41, 5.74) is 0. The quantitative estimate of drug-likeness (QED) is 0.0211. The molecule has 0 aromatic heterocycles. The van der Waals surface area contributed by atoms with Gasteiger partial charge in [-0.3, -0.25) is 18.6 Å². The summed E-state index contributed by atoms with van der Waals surface area (Å²) in [6, 6.07) is 0. The molecule has 0 amide bonds. The van der Waals surface area contributed by atoms with Gasteiger partial charge in [-0.05, 0) is 116 Å². The predicted octanol–water partition coefficient (Wildman–Crippen LogP) is 17.8. The summed E-state index contributed by atoms with van der Waals surface area (Å²) in [5, 5.41) is 0. The highest BCUT2D eigenvalue weighted by Crippen LogP contribution is 2.43. The third kappa shape index (κ3) is 57.3. The number of nitrogens with zero attached hydrogens (tertiary/aromatic N) is 1. The lowest BCUT2D eigenvalue weighted by molar-refractivity contribution is -0.870. The number of likely N-dealkylation sites (N-methyl/N-ethyl adjacent to an activating group) is 1. The van der Waals surface area contributed by atoms with Gasteiger partial charge in [-0.1, -0.05) is 205 Å². The SMILES string of the molecule is CC/C=C\C/C=C\C/C=C\C/C=C\C/C=C\C/C=C\C/C=C\C/C=C\C/C=C\CCCCCC(=O)OC(COC(=O)CCCCCCCCC/C=C\C/C=C\CCCCCC)COP(=O)(O)OCC[N+](C)(C)C. The second kappa shape index (κ2) is 53.0. The maximum Gasteiger partial charge on any atom is 0.472 e. The molecule has 2 unspecified atom stereocenters. The molecule has 0 bridgehead atoms. The van der Waals surface area contributed by atoms with E-state index < -0.39 is 32.5 Å². The van der Waals surface area contributed by atoms with E-state index in [0.29, 0.717) is 17.4 Å². The molecule has 0 rings (SSSR count). The van der Waals surface area contributed by atoms with E-state index in [2.05, 4.69) is 148 Å². The molecule has 2 atom stereocenters. The lowest BCUT2D eigenvalue weighted by Crippen LogP contribution is -2.37. The largest absolute Gasteiger partial charge is 0.472 e. The molecule has 0 aliphatic carbocycles. The standard InChI is InChI=1S/C63H104NO8P/c1-6-8-10-12-14-16-18-20-22-24-26-27-28-29-30-31-32-33-34-35-36-37-38-40-42-44-46-48-50-52-54-56-63(66)72-61(60-71-73(67,68)70-58-57-64(3,4)5)59-69-62(65)55-53-51-49-47-45-43-41-39-25-23-21-19-17-15-13-11-9-7-2/h8,10,14,16-17,19-20,22-23,25-27,29-30,32-33,35-36,38,40,44,46,61H,6-7,9,11-13,15,18,21,24,28,31,34,37,39,41-43,45,47-60H2,1-5H3/p+1/b10-8-,16-14-,19-17-,22-20-,25-23-,27-26-,30-29-,33-32-,36-35-,40-38-,46-44-. The zero-order chi connectivity index (χ0) is 53.5. The number of carbonyl (C=O) groups excluding carboxylic acids is 2. The number of allylic oxidation sites excluding steroid dienone is 22. The second-order valence-corrected chi connectivity index (χ2v) is 21.0. The van der Waals surface area contributed by atoms with Crippen molar-refractivity contribution < 1.29 is 42.1 Å². The van der Waals surface area contributed by atoms with E-state index in [1.807, 2.05) is 21.1 Å². The van der Waals surface area contributed by atoms with Crippen LogP contribution in [-0.2, 0) is 32.7 Å². The van der Waals surface area contributed by atoms with Gasteiger partial charge in [0.15, 0.2) is 6.10 Å². The Balaban J connectivity index is 4.32. The van der Waals surface area contributed by atoms with Crippen molar-refractivity contribution in [3.8, 4) is 0 Å². The Morgan fingerprint density at radius 1 is 0.438 bits per heavy atom. The number of phosphoric ester groups is 1. The topological polar surface area (TPSA) is 108 Å². The van der Waals surface area contributed by atoms with E-state index in [9.17, 15) is 19.0 Å². The normalized spacial score (nSPS) is 14.3. The van der Waals surface area contributed by atoms with Crippen LogP contribution in [0.25, 0.3) is 0 Å². The van der Waals surface area contributed by atoms with Gasteiger partial charge < -0.3 is 18.9 Å². The third-order valence-electron chi connectivity index (χ3n) is 11.4. The molecular weight excluding hydrogens is 930 g/mol. The maximum absolute atomic E-state index is 12.8. The van der Waals surface area contributed by atoms with Crippen molar-refractivity contribution >= 4 is 19.8 Å². The Kier molecular flexibility index (Phi) is 50.2. The van der Waals surface area contributed by atoms with Crippen molar-refractivity contribution in [2.24, 2.45) is 0 Å². The van der Waals surface area contributed by atoms with Crippen molar-refractivity contribution in [1.82, 2.24) is 0 Å². The first-order valence-corrected chi connectivity index (χ1v) is 29.9. The number of quaternary nitrogens is 1. The van der Waals surface area contributed by atoms with Gasteiger partial charge in [-0.2, -0.15) is 0 Å². The molecule has 73 heavy (non-hydrogen) atoms. The highest BCUT2D eigenvalue weighted by Gasteiger charge is 2.27. The molecule has 0 aromatic rings. The van der Waals surface area contributed by atoms with Crippen molar-refractivity contribution in [2.75, 3.05) is 47.5 Å². The molecule has 414 valence electrons. The van der Waals surface area contributed by atoms with Crippen LogP contribution >= 0.6 is 7.82 Å². The van der Waals surface area contributed by atoms with E-state index >= 15 is 0 Å². The van der Waals surface area contributed by atoms with Crippen LogP contribution in [0.3, 0.4) is 0 Å². The van der Waals surface area contributed by atoms with Gasteiger partial charge in [0.2, 0.25) is 0 Å². The Labute approximate surface area is 447 Å². The first-order valence-electron chi connectivity index (χ1n) is 28.4. The lowest BCUT2D eigenvalue weighted by atomic mass is 10.1. The molecular formula is C63H105NO8P+. The fraction of sp³-hybridized carbons (Fsp3) is 0.619. The van der Waals surface area contributed by atoms with Crippen LogP contribution < -0.4 is 0 Å². The number of rotatable bonds is 50. The van der Waals surface area contributed by atoms with Gasteiger partial charge in [-0.25, -0.2) is 4.57 Å². The van der Waals surface area contributed by atoms with Crippen molar-refractivity contribution in [3.05, 3.63) is 134 Å². The Bertz CT molecular complexity index is 1690. The molecule has 0 aliphatic rings. The molecule has 0 spiro atoms. The first-order chi connectivity index (χ1) is 35.5. The summed E-state index contributed by atoms with van der Waals surface area (Å²) in [4.78, 5) is 35.6. The minimum atomic E-state index is -4.41. The monoisotopic (exact) mass is 1030 g/mol. The highest BCUT2D eigenvalue weighted by atomic mass is 31.2. The number of unbranched alkanes of at least 4 members (excludes halogenated alkanes) is 14. The number of carbonyl (C=O) groups is 2. The van der Waals surface area contributed by atoms with Crippen LogP contribution in [0.15, 0.2) is 134 Å². The maximum atomic E-state index is 12.8. The Morgan fingerprint density at radius 3 is 1.18 bits per heavy atom. The van der Waals surface area contributed by atoms with Crippen LogP contribution in [0, 0.1) is 0 Å². The van der Waals surface area contributed by atoms with Crippen LogP contribution in [0.4, 0.5) is 0 Å². The van der Waals surface area contributed by atoms with Gasteiger partial charge in [-0.15, -0.1) is 0 Å². The van der Waals surface area contributed by atoms with E-state index in [1.54, 1.807) is 0 Å². The summed E-state index contributed by atoms with van der Waals surface area (Å²) >= 11 is 0. The molecule has 0 fully saturated rings. The molecule has 0 heterocycles. The molecule has 0 aromatic carbocycles. The second-order valence-electron chi connectivity index (χ2n) is 19.6. The minimum absolute atomic E-state index is 0.0157. The lowest BCUT2D eigenvalue weighted by Gasteiger charge is -2.24. The van der Waals surface area contributed by atoms with Crippen LogP contribution in [0.2, 0.25) is 0 Å². The van der Waals surface area contributed by atoms with Gasteiger partial charge >= 0.3 is 19.8 Å². The molecule has 0 saturated heterocycles. The Morgan fingerprint density at radius 2 is 0.781 bits per heavy atom. The number of hydrogen-bond acceptors (Lipinski definition) is 7. The minimum Gasteiger partial charge on any atom is -0.462 e. The Hall–Kier alpha value is -3.85. The number of hydrogen-bond donors (Lipinski definition) is 1. The average molecular weight is 1040 g/mol. The predicted molar refractivity (Wildman–Crippen MR) is 311 cm³/mol.